The largest absolute Gasteiger partial charge is 0.496 e. The van der Waals surface area contributed by atoms with E-state index in [4.69, 9.17) is 14.2 Å². The number of carbonyl (C=O) groups is 1. The first-order valence-electron chi connectivity index (χ1n) is 7.69. The summed E-state index contributed by atoms with van der Waals surface area (Å²) in [6.45, 7) is 0.784. The molecule has 1 atom stereocenters. The fourth-order valence-corrected chi connectivity index (χ4v) is 4.20. The molecule has 0 saturated carbocycles. The van der Waals surface area contributed by atoms with Crippen molar-refractivity contribution >= 4 is 17.7 Å². The molecule has 0 radical (unpaired) electrons. The van der Waals surface area contributed by atoms with Crippen molar-refractivity contribution in [3.8, 4) is 17.2 Å². The van der Waals surface area contributed by atoms with Crippen LogP contribution < -0.4 is 14.2 Å². The number of fused-ring (bicyclic) bond motifs is 1. The zero-order chi connectivity index (χ0) is 16.5. The number of thioether (sulfide) groups is 1. The van der Waals surface area contributed by atoms with E-state index in [0.29, 0.717) is 12.3 Å². The fourth-order valence-electron chi connectivity index (χ4n) is 2.99. The molecule has 1 fully saturated rings. The van der Waals surface area contributed by atoms with E-state index in [1.165, 1.54) is 0 Å². The number of carbonyl (C=O) groups excluding carboxylic acids is 1. The van der Waals surface area contributed by atoms with Crippen molar-refractivity contribution in [2.75, 3.05) is 19.7 Å². The second kappa shape index (κ2) is 6.28. The third kappa shape index (κ3) is 2.67. The highest BCUT2D eigenvalue weighted by Crippen LogP contribution is 2.43. The van der Waals surface area contributed by atoms with Gasteiger partial charge in [-0.3, -0.25) is 4.79 Å². The molecule has 2 heterocycles. The number of nitrogens with zero attached hydrogens (tertiary/aromatic N) is 1. The van der Waals surface area contributed by atoms with E-state index in [9.17, 15) is 4.79 Å². The van der Waals surface area contributed by atoms with Gasteiger partial charge in [0.2, 0.25) is 12.7 Å². The summed E-state index contributed by atoms with van der Waals surface area (Å²) in [5, 5.41) is -0.0425. The molecular formula is C18H17NO4S. The quantitative estimate of drug-likeness (QED) is 0.853. The zero-order valence-electron chi connectivity index (χ0n) is 13.2. The van der Waals surface area contributed by atoms with Crippen LogP contribution in [0, 0.1) is 0 Å². The van der Waals surface area contributed by atoms with E-state index in [-0.39, 0.29) is 18.1 Å². The molecule has 1 saturated heterocycles. The minimum Gasteiger partial charge on any atom is -0.496 e. The SMILES string of the molecule is COc1ccccc1C1SCC(=O)N1Cc1ccc2c(c1)OCO2. The van der Waals surface area contributed by atoms with Gasteiger partial charge in [0.25, 0.3) is 0 Å². The van der Waals surface area contributed by atoms with Gasteiger partial charge in [0.05, 0.1) is 12.9 Å². The van der Waals surface area contributed by atoms with Gasteiger partial charge in [-0.2, -0.15) is 0 Å². The van der Waals surface area contributed by atoms with E-state index in [1.54, 1.807) is 18.9 Å². The predicted molar refractivity (Wildman–Crippen MR) is 91.3 cm³/mol. The van der Waals surface area contributed by atoms with E-state index in [0.717, 1.165) is 28.4 Å². The number of hydrogen-bond donors (Lipinski definition) is 0. The van der Waals surface area contributed by atoms with E-state index >= 15 is 0 Å². The third-order valence-electron chi connectivity index (χ3n) is 4.16. The molecule has 124 valence electrons. The number of ether oxygens (including phenoxy) is 3. The number of amides is 1. The molecule has 0 N–H and O–H groups in total. The highest BCUT2D eigenvalue weighted by molar-refractivity contribution is 8.00. The Morgan fingerprint density at radius 3 is 2.92 bits per heavy atom. The number of rotatable bonds is 4. The van der Waals surface area contributed by atoms with Crippen LogP contribution in [0.5, 0.6) is 17.2 Å². The molecule has 0 aliphatic carbocycles. The van der Waals surface area contributed by atoms with Crippen molar-refractivity contribution in [1.82, 2.24) is 4.90 Å². The number of methoxy groups -OCH3 is 1. The minimum absolute atomic E-state index is 0.0425. The monoisotopic (exact) mass is 343 g/mol. The summed E-state index contributed by atoms with van der Waals surface area (Å²) in [4.78, 5) is 14.3. The Hall–Kier alpha value is -2.34. The topological polar surface area (TPSA) is 48.0 Å². The molecule has 1 amide bonds. The van der Waals surface area contributed by atoms with Gasteiger partial charge in [-0.1, -0.05) is 24.3 Å². The maximum atomic E-state index is 12.4. The lowest BCUT2D eigenvalue weighted by atomic mass is 10.1. The lowest BCUT2D eigenvalue weighted by Crippen LogP contribution is -2.27. The van der Waals surface area contributed by atoms with Crippen molar-refractivity contribution in [3.63, 3.8) is 0 Å². The van der Waals surface area contributed by atoms with E-state index in [2.05, 4.69) is 0 Å². The minimum atomic E-state index is -0.0425. The van der Waals surface area contributed by atoms with Crippen molar-refractivity contribution < 1.29 is 19.0 Å². The van der Waals surface area contributed by atoms with Crippen LogP contribution in [0.3, 0.4) is 0 Å². The summed E-state index contributed by atoms with van der Waals surface area (Å²) < 4.78 is 16.2. The summed E-state index contributed by atoms with van der Waals surface area (Å²) in [5.41, 5.74) is 2.05. The molecule has 0 bridgehead atoms. The molecule has 0 aromatic heterocycles. The summed E-state index contributed by atoms with van der Waals surface area (Å²) in [7, 11) is 1.66. The highest BCUT2D eigenvalue weighted by atomic mass is 32.2. The summed E-state index contributed by atoms with van der Waals surface area (Å²) >= 11 is 1.63. The Bertz CT molecular complexity index is 779. The molecule has 24 heavy (non-hydrogen) atoms. The van der Waals surface area contributed by atoms with Gasteiger partial charge >= 0.3 is 0 Å². The maximum Gasteiger partial charge on any atom is 0.234 e. The molecule has 1 unspecified atom stereocenters. The first-order chi connectivity index (χ1) is 11.8. The van der Waals surface area contributed by atoms with Gasteiger partial charge in [-0.15, -0.1) is 11.8 Å². The number of benzene rings is 2. The van der Waals surface area contributed by atoms with Crippen molar-refractivity contribution in [1.29, 1.82) is 0 Å². The van der Waals surface area contributed by atoms with Crippen LogP contribution in [0.25, 0.3) is 0 Å². The molecule has 2 aliphatic rings. The lowest BCUT2D eigenvalue weighted by molar-refractivity contribution is -0.128. The van der Waals surface area contributed by atoms with Crippen LogP contribution >= 0.6 is 11.8 Å². The summed E-state index contributed by atoms with van der Waals surface area (Å²) in [6, 6.07) is 13.7. The predicted octanol–water partition coefficient (Wildman–Crippen LogP) is 3.20. The molecule has 6 heteroatoms. The van der Waals surface area contributed by atoms with Crippen LogP contribution in [0.1, 0.15) is 16.5 Å². The van der Waals surface area contributed by atoms with Crippen molar-refractivity contribution in [2.24, 2.45) is 0 Å². The molecule has 0 spiro atoms. The zero-order valence-corrected chi connectivity index (χ0v) is 14.0. The molecule has 5 nitrogen and oxygen atoms in total. The van der Waals surface area contributed by atoms with Crippen LogP contribution in [0.15, 0.2) is 42.5 Å². The van der Waals surface area contributed by atoms with Gasteiger partial charge in [-0.05, 0) is 23.8 Å². The fraction of sp³-hybridized carbons (Fsp3) is 0.278. The molecule has 4 rings (SSSR count). The second-order valence-corrected chi connectivity index (χ2v) is 6.68. The van der Waals surface area contributed by atoms with Gasteiger partial charge in [0.1, 0.15) is 11.1 Å². The standard InChI is InChI=1S/C18H17NO4S/c1-21-14-5-3-2-4-13(14)18-19(17(20)10-24-18)9-12-6-7-15-16(8-12)23-11-22-15/h2-8,18H,9-11H2,1H3. The number of para-hydroxylation sites is 1. The first kappa shape index (κ1) is 15.2. The average molecular weight is 343 g/mol. The van der Waals surface area contributed by atoms with Gasteiger partial charge < -0.3 is 19.1 Å². The van der Waals surface area contributed by atoms with Crippen LogP contribution in [0.2, 0.25) is 0 Å². The summed E-state index contributed by atoms with van der Waals surface area (Å²) in [6.07, 6.45) is 0. The Kier molecular flexibility index (Phi) is 3.98. The molecule has 2 aliphatic heterocycles. The molecular weight excluding hydrogens is 326 g/mol. The van der Waals surface area contributed by atoms with Crippen molar-refractivity contribution in [2.45, 2.75) is 11.9 Å². The van der Waals surface area contributed by atoms with E-state index in [1.807, 2.05) is 47.4 Å². The Morgan fingerprint density at radius 2 is 2.04 bits per heavy atom. The van der Waals surface area contributed by atoms with E-state index < -0.39 is 0 Å². The summed E-state index contributed by atoms with van der Waals surface area (Å²) in [5.74, 6) is 2.91. The Morgan fingerprint density at radius 1 is 1.21 bits per heavy atom. The lowest BCUT2D eigenvalue weighted by Gasteiger charge is -2.25. The molecule has 2 aromatic rings. The maximum absolute atomic E-state index is 12.4. The second-order valence-electron chi connectivity index (χ2n) is 5.61. The van der Waals surface area contributed by atoms with Crippen LogP contribution in [-0.2, 0) is 11.3 Å². The normalized spacial score (nSPS) is 19.0. The smallest absolute Gasteiger partial charge is 0.234 e. The first-order valence-corrected chi connectivity index (χ1v) is 8.73. The third-order valence-corrected chi connectivity index (χ3v) is 5.40. The molecule has 2 aromatic carbocycles. The van der Waals surface area contributed by atoms with Crippen LogP contribution in [-0.4, -0.2) is 30.5 Å². The average Bonchev–Trinajstić information content (AvgIpc) is 3.22. The number of hydrogen-bond acceptors (Lipinski definition) is 5. The Balaban J connectivity index is 1.61. The van der Waals surface area contributed by atoms with Gasteiger partial charge in [-0.25, -0.2) is 0 Å². The Labute approximate surface area is 144 Å². The van der Waals surface area contributed by atoms with Crippen molar-refractivity contribution in [3.05, 3.63) is 53.6 Å². The van der Waals surface area contributed by atoms with Gasteiger partial charge in [0.15, 0.2) is 11.5 Å². The highest BCUT2D eigenvalue weighted by Gasteiger charge is 2.34. The van der Waals surface area contributed by atoms with Crippen LogP contribution in [0.4, 0.5) is 0 Å². The van der Waals surface area contributed by atoms with Gasteiger partial charge in [0, 0.05) is 12.1 Å².